The molecule has 1 N–H and O–H groups in total. The molecule has 0 spiro atoms. The predicted octanol–water partition coefficient (Wildman–Crippen LogP) is 5.13. The third-order valence-electron chi connectivity index (χ3n) is 6.59. The summed E-state index contributed by atoms with van der Waals surface area (Å²) in [6, 6.07) is 23.9. The summed E-state index contributed by atoms with van der Waals surface area (Å²) in [6.45, 7) is -0.192. The number of ether oxygens (including phenoxy) is 1. The third-order valence-corrected chi connectivity index (χ3v) is 9.87. The number of furan rings is 1. The predicted molar refractivity (Wildman–Crippen MR) is 150 cm³/mol. The van der Waals surface area contributed by atoms with Gasteiger partial charge in [0.25, 0.3) is 15.9 Å². The average Bonchev–Trinajstić information content (AvgIpc) is 3.66. The van der Waals surface area contributed by atoms with Crippen molar-refractivity contribution in [3.8, 4) is 28.5 Å². The Balaban J connectivity index is 1.24. The van der Waals surface area contributed by atoms with Gasteiger partial charge in [-0.3, -0.25) is 14.9 Å². The zero-order valence-corrected chi connectivity index (χ0v) is 22.9. The van der Waals surface area contributed by atoms with E-state index in [1.165, 1.54) is 4.31 Å². The number of rotatable bonds is 8. The molecule has 5 rings (SSSR count). The molecule has 40 heavy (non-hydrogen) atoms. The summed E-state index contributed by atoms with van der Waals surface area (Å²) in [5, 5.41) is 14.2. The zero-order valence-electron chi connectivity index (χ0n) is 21.3. The lowest BCUT2D eigenvalue weighted by Gasteiger charge is -2.29. The van der Waals surface area contributed by atoms with Gasteiger partial charge in [0.05, 0.1) is 5.92 Å². The minimum atomic E-state index is -3.58. The van der Waals surface area contributed by atoms with Crippen LogP contribution in [0, 0.1) is 17.2 Å². The van der Waals surface area contributed by atoms with E-state index in [9.17, 15) is 23.3 Å². The van der Waals surface area contributed by atoms with Gasteiger partial charge < -0.3 is 9.15 Å². The fourth-order valence-electron chi connectivity index (χ4n) is 4.59. The van der Waals surface area contributed by atoms with Crippen molar-refractivity contribution in [1.29, 1.82) is 5.26 Å². The highest BCUT2D eigenvalue weighted by atomic mass is 32.2. The van der Waals surface area contributed by atoms with Crippen LogP contribution in [0.1, 0.15) is 18.4 Å². The summed E-state index contributed by atoms with van der Waals surface area (Å²) < 4.78 is 38.3. The third kappa shape index (κ3) is 5.70. The number of esters is 1. The monoisotopic (exact) mass is 575 g/mol. The topological polar surface area (TPSA) is 130 Å². The summed E-state index contributed by atoms with van der Waals surface area (Å²) in [6.07, 6.45) is 0.589. The number of hydrogen-bond acceptors (Lipinski definition) is 8. The van der Waals surface area contributed by atoms with E-state index in [0.29, 0.717) is 24.2 Å². The van der Waals surface area contributed by atoms with Crippen LogP contribution in [0.4, 0.5) is 5.88 Å². The normalized spacial score (nSPS) is 14.4. The van der Waals surface area contributed by atoms with Crippen LogP contribution < -0.4 is 5.32 Å². The number of nitrogens with zero attached hydrogens (tertiary/aromatic N) is 2. The highest BCUT2D eigenvalue weighted by Crippen LogP contribution is 2.41. The number of nitrogens with one attached hydrogen (secondary N) is 1. The Kier molecular flexibility index (Phi) is 8.11. The molecular weight excluding hydrogens is 550 g/mol. The maximum absolute atomic E-state index is 12.7. The number of nitriles is 1. The first-order valence-corrected chi connectivity index (χ1v) is 14.9. The molecule has 2 aromatic carbocycles. The van der Waals surface area contributed by atoms with Crippen LogP contribution in [-0.4, -0.2) is 44.3 Å². The smallest absolute Gasteiger partial charge is 0.309 e. The van der Waals surface area contributed by atoms with Crippen molar-refractivity contribution in [2.45, 2.75) is 17.1 Å². The molecule has 0 bridgehead atoms. The Labute approximate surface area is 235 Å². The summed E-state index contributed by atoms with van der Waals surface area (Å²) in [5.74, 6) is -1.35. The summed E-state index contributed by atoms with van der Waals surface area (Å²) >= 11 is 1.15. The first-order valence-electron chi connectivity index (χ1n) is 12.6. The molecule has 11 heteroatoms. The highest BCUT2D eigenvalue weighted by molar-refractivity contribution is 7.91. The van der Waals surface area contributed by atoms with E-state index in [0.717, 1.165) is 22.5 Å². The van der Waals surface area contributed by atoms with E-state index in [1.54, 1.807) is 17.5 Å². The molecule has 2 aromatic heterocycles. The number of thiophene rings is 1. The lowest BCUT2D eigenvalue weighted by atomic mass is 9.98. The quantitative estimate of drug-likeness (QED) is 0.288. The van der Waals surface area contributed by atoms with Crippen molar-refractivity contribution < 1.29 is 27.2 Å². The second-order valence-corrected chi connectivity index (χ2v) is 12.2. The molecule has 0 radical (unpaired) electrons. The number of sulfonamides is 1. The Morgan fingerprint density at radius 3 is 2.25 bits per heavy atom. The second-order valence-electron chi connectivity index (χ2n) is 9.12. The SMILES string of the molecule is N#Cc1c(NC(=O)COC(=O)C2CCN(S(=O)(=O)c3cccs3)CC2)oc(-c2ccccc2)c1-c1ccccc1. The first-order chi connectivity index (χ1) is 19.4. The van der Waals surface area contributed by atoms with Crippen molar-refractivity contribution in [3.05, 3.63) is 83.7 Å². The van der Waals surface area contributed by atoms with Crippen molar-refractivity contribution in [2.24, 2.45) is 5.92 Å². The molecule has 4 aromatic rings. The van der Waals surface area contributed by atoms with Crippen LogP contribution in [0.15, 0.2) is 86.8 Å². The summed E-state index contributed by atoms with van der Waals surface area (Å²) in [4.78, 5) is 25.4. The molecule has 1 aliphatic heterocycles. The van der Waals surface area contributed by atoms with E-state index in [1.807, 2.05) is 60.7 Å². The Morgan fingerprint density at radius 2 is 1.65 bits per heavy atom. The highest BCUT2D eigenvalue weighted by Gasteiger charge is 2.33. The average molecular weight is 576 g/mol. The fourth-order valence-corrected chi connectivity index (χ4v) is 7.20. The number of benzene rings is 2. The number of amides is 1. The minimum Gasteiger partial charge on any atom is -0.455 e. The van der Waals surface area contributed by atoms with Gasteiger partial charge >= 0.3 is 5.97 Å². The number of anilines is 1. The molecule has 1 aliphatic rings. The maximum atomic E-state index is 12.7. The van der Waals surface area contributed by atoms with Gasteiger partial charge in [-0.1, -0.05) is 66.7 Å². The van der Waals surface area contributed by atoms with Crippen LogP contribution in [0.2, 0.25) is 0 Å². The van der Waals surface area contributed by atoms with E-state index >= 15 is 0 Å². The summed E-state index contributed by atoms with van der Waals surface area (Å²) in [5.41, 5.74) is 2.19. The van der Waals surface area contributed by atoms with Crippen molar-refractivity contribution in [1.82, 2.24) is 4.31 Å². The number of carbonyl (C=O) groups is 2. The van der Waals surface area contributed by atoms with Gasteiger partial charge in [0, 0.05) is 24.2 Å². The molecule has 0 atom stereocenters. The van der Waals surface area contributed by atoms with Gasteiger partial charge in [-0.15, -0.1) is 11.3 Å². The van der Waals surface area contributed by atoms with Gasteiger partial charge in [-0.25, -0.2) is 8.42 Å². The molecule has 3 heterocycles. The lowest BCUT2D eigenvalue weighted by Crippen LogP contribution is -2.40. The van der Waals surface area contributed by atoms with E-state index < -0.39 is 34.4 Å². The maximum Gasteiger partial charge on any atom is 0.309 e. The largest absolute Gasteiger partial charge is 0.455 e. The van der Waals surface area contributed by atoms with Crippen molar-refractivity contribution in [2.75, 3.05) is 25.0 Å². The standard InChI is InChI=1S/C29H25N3O6S2/c30-18-23-26(20-8-3-1-4-9-20)27(21-10-5-2-6-11-21)38-28(23)31-24(33)19-37-29(34)22-13-15-32(16-14-22)40(35,36)25-12-7-17-39-25/h1-12,17,22H,13-16,19H2,(H,31,33). The van der Waals surface area contributed by atoms with Gasteiger partial charge in [0.2, 0.25) is 5.88 Å². The Morgan fingerprint density at radius 1 is 1.00 bits per heavy atom. The summed E-state index contributed by atoms with van der Waals surface area (Å²) in [7, 11) is -3.58. The fraction of sp³-hybridized carbons (Fsp3) is 0.207. The van der Waals surface area contributed by atoms with E-state index in [4.69, 9.17) is 9.15 Å². The Bertz CT molecular complexity index is 1630. The molecule has 9 nitrogen and oxygen atoms in total. The number of hydrogen-bond donors (Lipinski definition) is 1. The molecule has 1 saturated heterocycles. The van der Waals surface area contributed by atoms with Gasteiger partial charge in [-0.05, 0) is 29.9 Å². The first kappa shape index (κ1) is 27.3. The van der Waals surface area contributed by atoms with E-state index in [-0.39, 0.29) is 28.7 Å². The number of piperidine rings is 1. The second kappa shape index (κ2) is 11.9. The van der Waals surface area contributed by atoms with Crippen LogP contribution in [0.5, 0.6) is 0 Å². The van der Waals surface area contributed by atoms with Crippen LogP contribution in [0.25, 0.3) is 22.5 Å². The van der Waals surface area contributed by atoms with Crippen molar-refractivity contribution in [3.63, 3.8) is 0 Å². The molecule has 0 unspecified atom stereocenters. The van der Waals surface area contributed by atoms with Gasteiger partial charge in [-0.2, -0.15) is 9.57 Å². The molecule has 0 aliphatic carbocycles. The number of carbonyl (C=O) groups excluding carboxylic acids is 2. The van der Waals surface area contributed by atoms with Gasteiger partial charge in [0.15, 0.2) is 6.61 Å². The van der Waals surface area contributed by atoms with Gasteiger partial charge in [0.1, 0.15) is 21.6 Å². The molecule has 204 valence electrons. The van der Waals surface area contributed by atoms with Crippen LogP contribution in [-0.2, 0) is 24.3 Å². The van der Waals surface area contributed by atoms with Crippen LogP contribution >= 0.6 is 11.3 Å². The molecule has 1 amide bonds. The Hall–Kier alpha value is -4.24. The molecular formula is C29H25N3O6S2. The molecule has 0 saturated carbocycles. The van der Waals surface area contributed by atoms with E-state index in [2.05, 4.69) is 11.4 Å². The molecule has 1 fully saturated rings. The lowest BCUT2D eigenvalue weighted by molar-refractivity contribution is -0.152. The minimum absolute atomic E-state index is 0.0339. The van der Waals surface area contributed by atoms with Crippen molar-refractivity contribution >= 4 is 39.1 Å². The van der Waals surface area contributed by atoms with Crippen LogP contribution in [0.3, 0.4) is 0 Å². The zero-order chi connectivity index (χ0) is 28.1.